The quantitative estimate of drug-likeness (QED) is 0.891. The molecular weight excluding hydrogens is 253 g/mol. The maximum absolute atomic E-state index is 14.2. The van der Waals surface area contributed by atoms with Crippen molar-refractivity contribution in [1.82, 2.24) is 4.90 Å². The topological polar surface area (TPSA) is 32.5 Å². The van der Waals surface area contributed by atoms with Gasteiger partial charge in [0.05, 0.1) is 5.69 Å². The van der Waals surface area contributed by atoms with Gasteiger partial charge in [0.15, 0.2) is 0 Å². The maximum Gasteiger partial charge on any atom is 0.146 e. The fourth-order valence-electron chi connectivity index (χ4n) is 2.97. The molecule has 1 aromatic rings. The van der Waals surface area contributed by atoms with Crippen LogP contribution in [0.5, 0.6) is 0 Å². The molecule has 1 aromatic carbocycles. The summed E-state index contributed by atoms with van der Waals surface area (Å²) in [5, 5.41) is 0. The van der Waals surface area contributed by atoms with Crippen LogP contribution < -0.4 is 10.6 Å². The highest BCUT2D eigenvalue weighted by molar-refractivity contribution is 5.49. The van der Waals surface area contributed by atoms with E-state index in [0.717, 1.165) is 49.8 Å². The van der Waals surface area contributed by atoms with Gasteiger partial charge >= 0.3 is 0 Å². The second-order valence-electron chi connectivity index (χ2n) is 6.06. The number of hydrogen-bond acceptors (Lipinski definition) is 3. The smallest absolute Gasteiger partial charge is 0.146 e. The number of benzene rings is 1. The molecule has 4 heteroatoms. The minimum Gasteiger partial charge on any atom is -0.367 e. The molecule has 1 aliphatic heterocycles. The fraction of sp³-hybridized carbons (Fsp3) is 0.625. The molecule has 1 heterocycles. The second kappa shape index (κ2) is 6.10. The average molecular weight is 277 g/mol. The molecule has 0 radical (unpaired) electrons. The van der Waals surface area contributed by atoms with Crippen LogP contribution in [-0.4, -0.2) is 44.2 Å². The molecule has 2 N–H and O–H groups in total. The predicted molar refractivity (Wildman–Crippen MR) is 80.5 cm³/mol. The Kier molecular flexibility index (Phi) is 4.22. The van der Waals surface area contributed by atoms with E-state index in [0.29, 0.717) is 6.54 Å². The van der Waals surface area contributed by atoms with E-state index in [-0.39, 0.29) is 5.82 Å². The number of piperazine rings is 1. The van der Waals surface area contributed by atoms with E-state index in [1.165, 1.54) is 19.4 Å². The highest BCUT2D eigenvalue weighted by atomic mass is 19.1. The molecule has 110 valence electrons. The van der Waals surface area contributed by atoms with Crippen LogP contribution in [0.3, 0.4) is 0 Å². The number of rotatable bonds is 5. The van der Waals surface area contributed by atoms with Gasteiger partial charge in [-0.2, -0.15) is 0 Å². The SMILES string of the molecule is NCCc1ccc(N2CCN(CC3CC3)CC2)c(F)c1. The van der Waals surface area contributed by atoms with Crippen molar-refractivity contribution in [2.75, 3.05) is 44.2 Å². The van der Waals surface area contributed by atoms with E-state index in [4.69, 9.17) is 5.73 Å². The Bertz CT molecular complexity index is 451. The lowest BCUT2D eigenvalue weighted by Gasteiger charge is -2.36. The van der Waals surface area contributed by atoms with Crippen LogP contribution in [-0.2, 0) is 6.42 Å². The van der Waals surface area contributed by atoms with E-state index >= 15 is 0 Å². The molecule has 1 saturated carbocycles. The summed E-state index contributed by atoms with van der Waals surface area (Å²) < 4.78 is 14.2. The Balaban J connectivity index is 1.59. The van der Waals surface area contributed by atoms with Crippen LogP contribution in [0.2, 0.25) is 0 Å². The molecule has 0 amide bonds. The van der Waals surface area contributed by atoms with Crippen molar-refractivity contribution in [3.8, 4) is 0 Å². The van der Waals surface area contributed by atoms with Gasteiger partial charge in [-0.1, -0.05) is 6.07 Å². The third-order valence-electron chi connectivity index (χ3n) is 4.37. The average Bonchev–Trinajstić information content (AvgIpc) is 3.25. The van der Waals surface area contributed by atoms with Crippen LogP contribution in [0.25, 0.3) is 0 Å². The molecule has 20 heavy (non-hydrogen) atoms. The van der Waals surface area contributed by atoms with Crippen molar-refractivity contribution in [3.05, 3.63) is 29.6 Å². The number of halogens is 1. The first-order chi connectivity index (χ1) is 9.76. The van der Waals surface area contributed by atoms with E-state index in [9.17, 15) is 4.39 Å². The van der Waals surface area contributed by atoms with Gasteiger partial charge in [-0.25, -0.2) is 4.39 Å². The van der Waals surface area contributed by atoms with Crippen LogP contribution in [0.15, 0.2) is 18.2 Å². The lowest BCUT2D eigenvalue weighted by atomic mass is 10.1. The van der Waals surface area contributed by atoms with Gasteiger partial charge in [0, 0.05) is 32.7 Å². The third-order valence-corrected chi connectivity index (χ3v) is 4.37. The monoisotopic (exact) mass is 277 g/mol. The summed E-state index contributed by atoms with van der Waals surface area (Å²) in [6.45, 7) is 5.78. The highest BCUT2D eigenvalue weighted by Gasteiger charge is 2.26. The Morgan fingerprint density at radius 2 is 1.90 bits per heavy atom. The molecule has 3 rings (SSSR count). The van der Waals surface area contributed by atoms with Gasteiger partial charge in [-0.3, -0.25) is 4.90 Å². The largest absolute Gasteiger partial charge is 0.367 e. The summed E-state index contributed by atoms with van der Waals surface area (Å²) in [4.78, 5) is 4.69. The summed E-state index contributed by atoms with van der Waals surface area (Å²) >= 11 is 0. The molecule has 0 spiro atoms. The molecule has 0 atom stereocenters. The van der Waals surface area contributed by atoms with Gasteiger partial charge in [-0.05, 0) is 49.4 Å². The lowest BCUT2D eigenvalue weighted by molar-refractivity contribution is 0.247. The first kappa shape index (κ1) is 13.8. The molecule has 0 unspecified atom stereocenters. The zero-order valence-electron chi connectivity index (χ0n) is 12.0. The number of nitrogens with zero attached hydrogens (tertiary/aromatic N) is 2. The van der Waals surface area contributed by atoms with Gasteiger partial charge in [-0.15, -0.1) is 0 Å². The minimum absolute atomic E-state index is 0.105. The first-order valence-corrected chi connectivity index (χ1v) is 7.72. The molecular formula is C16H24FN3. The molecule has 0 bridgehead atoms. The van der Waals surface area contributed by atoms with Crippen molar-refractivity contribution in [2.24, 2.45) is 11.7 Å². The van der Waals surface area contributed by atoms with Crippen LogP contribution in [0.1, 0.15) is 18.4 Å². The third kappa shape index (κ3) is 3.30. The lowest BCUT2D eigenvalue weighted by Crippen LogP contribution is -2.47. The zero-order chi connectivity index (χ0) is 13.9. The summed E-state index contributed by atoms with van der Waals surface area (Å²) in [6.07, 6.45) is 3.54. The normalized spacial score (nSPS) is 20.4. The van der Waals surface area contributed by atoms with Gasteiger partial charge in [0.2, 0.25) is 0 Å². The molecule has 2 aliphatic rings. The summed E-state index contributed by atoms with van der Waals surface area (Å²) in [5.41, 5.74) is 7.25. The molecule has 1 aliphatic carbocycles. The summed E-state index contributed by atoms with van der Waals surface area (Å²) in [6, 6.07) is 5.55. The second-order valence-corrected chi connectivity index (χ2v) is 6.06. The van der Waals surface area contributed by atoms with Crippen LogP contribution >= 0.6 is 0 Å². The van der Waals surface area contributed by atoms with Gasteiger partial charge < -0.3 is 10.6 Å². The summed E-state index contributed by atoms with van der Waals surface area (Å²) in [7, 11) is 0. The molecule has 0 aromatic heterocycles. The number of anilines is 1. The van der Waals surface area contributed by atoms with Gasteiger partial charge in [0.25, 0.3) is 0 Å². The summed E-state index contributed by atoms with van der Waals surface area (Å²) in [5.74, 6) is 0.834. The molecule has 2 fully saturated rings. The zero-order valence-corrected chi connectivity index (χ0v) is 12.0. The predicted octanol–water partition coefficient (Wildman–Crippen LogP) is 1.86. The Labute approximate surface area is 120 Å². The van der Waals surface area contributed by atoms with Crippen LogP contribution in [0.4, 0.5) is 10.1 Å². The maximum atomic E-state index is 14.2. The Morgan fingerprint density at radius 1 is 1.15 bits per heavy atom. The highest BCUT2D eigenvalue weighted by Crippen LogP contribution is 2.30. The van der Waals surface area contributed by atoms with E-state index in [2.05, 4.69) is 9.80 Å². The Morgan fingerprint density at radius 3 is 2.50 bits per heavy atom. The van der Waals surface area contributed by atoms with E-state index in [1.807, 2.05) is 12.1 Å². The number of hydrogen-bond donors (Lipinski definition) is 1. The minimum atomic E-state index is -0.105. The van der Waals surface area contributed by atoms with Crippen LogP contribution in [0, 0.1) is 11.7 Å². The van der Waals surface area contributed by atoms with Crippen molar-refractivity contribution >= 4 is 5.69 Å². The fourth-order valence-corrected chi connectivity index (χ4v) is 2.97. The van der Waals surface area contributed by atoms with Crippen molar-refractivity contribution < 1.29 is 4.39 Å². The first-order valence-electron chi connectivity index (χ1n) is 7.72. The molecule has 3 nitrogen and oxygen atoms in total. The van der Waals surface area contributed by atoms with Gasteiger partial charge in [0.1, 0.15) is 5.82 Å². The van der Waals surface area contributed by atoms with Crippen molar-refractivity contribution in [1.29, 1.82) is 0 Å². The van der Waals surface area contributed by atoms with Crippen molar-refractivity contribution in [3.63, 3.8) is 0 Å². The van der Waals surface area contributed by atoms with E-state index in [1.54, 1.807) is 6.07 Å². The Hall–Kier alpha value is -1.13. The van der Waals surface area contributed by atoms with E-state index < -0.39 is 0 Å². The van der Waals surface area contributed by atoms with Crippen molar-refractivity contribution in [2.45, 2.75) is 19.3 Å². The number of nitrogens with two attached hydrogens (primary N) is 1. The standard InChI is InChI=1S/C16H24FN3/c17-15-11-13(5-6-18)3-4-16(15)20-9-7-19(8-10-20)12-14-1-2-14/h3-4,11,14H,1-2,5-10,12,18H2. The molecule has 1 saturated heterocycles.